The van der Waals surface area contributed by atoms with Crippen molar-refractivity contribution in [1.82, 2.24) is 0 Å². The highest BCUT2D eigenvalue weighted by Crippen LogP contribution is 2.31. The lowest BCUT2D eigenvalue weighted by Gasteiger charge is -2.25. The van der Waals surface area contributed by atoms with E-state index in [0.717, 1.165) is 6.42 Å². The number of nitrogens with two attached hydrogens (primary N) is 1. The summed E-state index contributed by atoms with van der Waals surface area (Å²) in [6.45, 7) is 3.26. The Balaban J connectivity index is 2.26. The molecule has 1 saturated heterocycles. The van der Waals surface area contributed by atoms with Gasteiger partial charge in [-0.25, -0.2) is 4.39 Å². The number of methoxy groups -OCH3 is 1. The van der Waals surface area contributed by atoms with Crippen LogP contribution in [0.4, 0.5) is 15.8 Å². The van der Waals surface area contributed by atoms with Gasteiger partial charge in [0.2, 0.25) is 0 Å². The van der Waals surface area contributed by atoms with Crippen LogP contribution in [-0.4, -0.2) is 25.9 Å². The molecular formula is C12H17FN2O2. The third-order valence-electron chi connectivity index (χ3n) is 2.97. The predicted octanol–water partition coefficient (Wildman–Crippen LogP) is 2.01. The molecule has 1 fully saturated rings. The number of ether oxygens (including phenoxy) is 2. The number of nitrogen functional groups attached to an aromatic ring is 1. The van der Waals surface area contributed by atoms with Crippen LogP contribution in [0.1, 0.15) is 13.3 Å². The minimum absolute atomic E-state index is 0.234. The van der Waals surface area contributed by atoms with E-state index >= 15 is 0 Å². The monoisotopic (exact) mass is 240 g/mol. The molecule has 1 aromatic rings. The lowest BCUT2D eigenvalue weighted by molar-refractivity contribution is 0.185. The summed E-state index contributed by atoms with van der Waals surface area (Å²) in [5, 5.41) is 3.15. The molecule has 0 radical (unpaired) electrons. The molecular weight excluding hydrogens is 223 g/mol. The summed E-state index contributed by atoms with van der Waals surface area (Å²) in [5.41, 5.74) is 6.08. The van der Waals surface area contributed by atoms with Crippen molar-refractivity contribution >= 4 is 11.4 Å². The Kier molecular flexibility index (Phi) is 3.11. The van der Waals surface area contributed by atoms with Crippen LogP contribution < -0.4 is 15.8 Å². The van der Waals surface area contributed by atoms with Gasteiger partial charge in [0, 0.05) is 18.7 Å². The first kappa shape index (κ1) is 12.0. The summed E-state index contributed by atoms with van der Waals surface area (Å²) in [4.78, 5) is 0. The molecule has 0 amide bonds. The second kappa shape index (κ2) is 4.41. The van der Waals surface area contributed by atoms with Gasteiger partial charge in [0.15, 0.2) is 0 Å². The molecule has 0 saturated carbocycles. The van der Waals surface area contributed by atoms with Crippen LogP contribution in [0, 0.1) is 5.82 Å². The van der Waals surface area contributed by atoms with Crippen molar-refractivity contribution in [1.29, 1.82) is 0 Å². The summed E-state index contributed by atoms with van der Waals surface area (Å²) in [5.74, 6) is 0.0906. The molecule has 1 unspecified atom stereocenters. The van der Waals surface area contributed by atoms with Gasteiger partial charge in [-0.15, -0.1) is 0 Å². The van der Waals surface area contributed by atoms with E-state index in [0.29, 0.717) is 30.3 Å². The Labute approximate surface area is 99.9 Å². The fraction of sp³-hybridized carbons (Fsp3) is 0.500. The summed E-state index contributed by atoms with van der Waals surface area (Å²) < 4.78 is 24.1. The van der Waals surface area contributed by atoms with Crippen molar-refractivity contribution < 1.29 is 13.9 Å². The largest absolute Gasteiger partial charge is 0.495 e. The molecule has 0 aliphatic carbocycles. The van der Waals surface area contributed by atoms with Crippen LogP contribution in [0.5, 0.6) is 5.75 Å². The van der Waals surface area contributed by atoms with E-state index in [4.69, 9.17) is 15.2 Å². The van der Waals surface area contributed by atoms with Gasteiger partial charge < -0.3 is 20.5 Å². The summed E-state index contributed by atoms with van der Waals surface area (Å²) in [7, 11) is 1.51. The minimum atomic E-state index is -0.378. The first-order valence-electron chi connectivity index (χ1n) is 5.53. The fourth-order valence-corrected chi connectivity index (χ4v) is 1.93. The van der Waals surface area contributed by atoms with Crippen LogP contribution >= 0.6 is 0 Å². The topological polar surface area (TPSA) is 56.5 Å². The molecule has 0 spiro atoms. The molecule has 5 heteroatoms. The van der Waals surface area contributed by atoms with E-state index in [9.17, 15) is 4.39 Å². The number of anilines is 2. The van der Waals surface area contributed by atoms with Gasteiger partial charge >= 0.3 is 0 Å². The average Bonchev–Trinajstić information content (AvgIpc) is 2.69. The van der Waals surface area contributed by atoms with Gasteiger partial charge in [-0.3, -0.25) is 0 Å². The molecule has 2 rings (SSSR count). The lowest BCUT2D eigenvalue weighted by Crippen LogP contribution is -2.35. The zero-order valence-corrected chi connectivity index (χ0v) is 10.0. The molecule has 1 aromatic carbocycles. The van der Waals surface area contributed by atoms with Crippen LogP contribution in [0.3, 0.4) is 0 Å². The van der Waals surface area contributed by atoms with Crippen LogP contribution in [0.15, 0.2) is 12.1 Å². The van der Waals surface area contributed by atoms with Crippen molar-refractivity contribution in [3.8, 4) is 5.75 Å². The SMILES string of the molecule is COc1cc(NC2(C)CCOC2)c(F)cc1N. The van der Waals surface area contributed by atoms with E-state index in [1.165, 1.54) is 13.2 Å². The maximum atomic E-state index is 13.8. The first-order valence-corrected chi connectivity index (χ1v) is 5.53. The van der Waals surface area contributed by atoms with Crippen molar-refractivity contribution in [2.24, 2.45) is 0 Å². The smallest absolute Gasteiger partial charge is 0.148 e. The number of benzene rings is 1. The zero-order valence-electron chi connectivity index (χ0n) is 10.0. The number of halogens is 1. The van der Waals surface area contributed by atoms with Gasteiger partial charge in [-0.2, -0.15) is 0 Å². The first-order chi connectivity index (χ1) is 8.04. The minimum Gasteiger partial charge on any atom is -0.495 e. The Bertz CT molecular complexity index is 417. The number of hydrogen-bond acceptors (Lipinski definition) is 4. The lowest BCUT2D eigenvalue weighted by atomic mass is 10.0. The van der Waals surface area contributed by atoms with E-state index < -0.39 is 0 Å². The maximum Gasteiger partial charge on any atom is 0.148 e. The third-order valence-corrected chi connectivity index (χ3v) is 2.97. The van der Waals surface area contributed by atoms with E-state index in [1.807, 2.05) is 6.92 Å². The van der Waals surface area contributed by atoms with Crippen molar-refractivity contribution in [3.63, 3.8) is 0 Å². The second-order valence-corrected chi connectivity index (χ2v) is 4.56. The van der Waals surface area contributed by atoms with Crippen LogP contribution in [0.25, 0.3) is 0 Å². The second-order valence-electron chi connectivity index (χ2n) is 4.56. The molecule has 1 atom stereocenters. The van der Waals surface area contributed by atoms with Gasteiger partial charge in [0.25, 0.3) is 0 Å². The average molecular weight is 240 g/mol. The predicted molar refractivity (Wildman–Crippen MR) is 64.8 cm³/mol. The Morgan fingerprint density at radius 1 is 1.53 bits per heavy atom. The molecule has 1 aliphatic rings. The molecule has 1 heterocycles. The van der Waals surface area contributed by atoms with Crippen molar-refractivity contribution in [2.75, 3.05) is 31.4 Å². The number of hydrogen-bond donors (Lipinski definition) is 2. The van der Waals surface area contributed by atoms with Crippen molar-refractivity contribution in [3.05, 3.63) is 17.9 Å². The van der Waals surface area contributed by atoms with E-state index in [1.54, 1.807) is 6.07 Å². The molecule has 1 aliphatic heterocycles. The van der Waals surface area contributed by atoms with Gasteiger partial charge in [-0.05, 0) is 13.3 Å². The van der Waals surface area contributed by atoms with Gasteiger partial charge in [0.1, 0.15) is 11.6 Å². The Morgan fingerprint density at radius 2 is 2.29 bits per heavy atom. The van der Waals surface area contributed by atoms with Crippen molar-refractivity contribution in [2.45, 2.75) is 18.9 Å². The maximum absolute atomic E-state index is 13.8. The highest BCUT2D eigenvalue weighted by Gasteiger charge is 2.30. The molecule has 17 heavy (non-hydrogen) atoms. The fourth-order valence-electron chi connectivity index (χ4n) is 1.93. The summed E-state index contributed by atoms with van der Waals surface area (Å²) in [6.07, 6.45) is 0.846. The van der Waals surface area contributed by atoms with Crippen LogP contribution in [0.2, 0.25) is 0 Å². The summed E-state index contributed by atoms with van der Waals surface area (Å²) in [6, 6.07) is 2.84. The molecule has 94 valence electrons. The molecule has 4 nitrogen and oxygen atoms in total. The molecule has 0 bridgehead atoms. The summed E-state index contributed by atoms with van der Waals surface area (Å²) >= 11 is 0. The number of rotatable bonds is 3. The Hall–Kier alpha value is -1.49. The van der Waals surface area contributed by atoms with E-state index in [-0.39, 0.29) is 11.4 Å². The Morgan fingerprint density at radius 3 is 2.88 bits per heavy atom. The van der Waals surface area contributed by atoms with Gasteiger partial charge in [-0.1, -0.05) is 0 Å². The third kappa shape index (κ3) is 2.44. The molecule has 3 N–H and O–H groups in total. The quantitative estimate of drug-likeness (QED) is 0.793. The van der Waals surface area contributed by atoms with Gasteiger partial charge in [0.05, 0.1) is 30.6 Å². The number of nitrogens with one attached hydrogen (secondary N) is 1. The zero-order chi connectivity index (χ0) is 12.5. The normalized spacial score (nSPS) is 23.7. The van der Waals surface area contributed by atoms with Crippen LogP contribution in [-0.2, 0) is 4.74 Å². The van der Waals surface area contributed by atoms with E-state index in [2.05, 4.69) is 5.32 Å². The standard InChI is InChI=1S/C12H17FN2O2/c1-12(3-4-17-7-12)15-10-6-11(16-2)9(14)5-8(10)13/h5-6,15H,3-4,7,14H2,1-2H3. The highest BCUT2D eigenvalue weighted by molar-refractivity contribution is 5.63. The molecule has 0 aromatic heterocycles. The highest BCUT2D eigenvalue weighted by atomic mass is 19.1.